The fraction of sp³-hybridized carbons (Fsp3) is 0.304. The number of nitrogens with zero attached hydrogens (tertiary/aromatic N) is 2. The maximum atomic E-state index is 13.3. The molecule has 1 aromatic heterocycles. The Bertz CT molecular complexity index is 1130. The van der Waals surface area contributed by atoms with Gasteiger partial charge in [-0.25, -0.2) is 9.37 Å². The van der Waals surface area contributed by atoms with Crippen molar-refractivity contribution < 1.29 is 4.39 Å². The third kappa shape index (κ3) is 3.64. The van der Waals surface area contributed by atoms with Gasteiger partial charge in [0, 0.05) is 24.1 Å². The lowest BCUT2D eigenvalue weighted by Gasteiger charge is -2.10. The highest BCUT2D eigenvalue weighted by Crippen LogP contribution is 2.25. The molecule has 136 valence electrons. The van der Waals surface area contributed by atoms with Gasteiger partial charge in [-0.2, -0.15) is 0 Å². The van der Waals surface area contributed by atoms with E-state index in [1.54, 1.807) is 18.2 Å². The van der Waals surface area contributed by atoms with Crippen molar-refractivity contribution in [3.05, 3.63) is 75.6 Å². The minimum absolute atomic E-state index is 0.0332. The zero-order valence-electron chi connectivity index (χ0n) is 15.5. The minimum atomic E-state index is -0.304. The van der Waals surface area contributed by atoms with Gasteiger partial charge in [0.2, 0.25) is 0 Å². The molecule has 0 amide bonds. The lowest BCUT2D eigenvalue weighted by atomic mass is 9.96. The first kappa shape index (κ1) is 17.5. The summed E-state index contributed by atoms with van der Waals surface area (Å²) in [6, 6.07) is 11.7. The molecule has 0 bridgehead atoms. The fourth-order valence-corrected chi connectivity index (χ4v) is 3.80. The van der Waals surface area contributed by atoms with Crippen molar-refractivity contribution >= 4 is 10.9 Å². The van der Waals surface area contributed by atoms with E-state index in [1.807, 2.05) is 16.7 Å². The lowest BCUT2D eigenvalue weighted by molar-refractivity contribution is 0.401. The third-order valence-corrected chi connectivity index (χ3v) is 4.93. The molecule has 0 fully saturated rings. The Morgan fingerprint density at radius 2 is 1.96 bits per heavy atom. The van der Waals surface area contributed by atoms with Crippen LogP contribution in [-0.2, 0) is 13.0 Å². The summed E-state index contributed by atoms with van der Waals surface area (Å²) in [5.41, 5.74) is 2.10. The first-order valence-corrected chi connectivity index (χ1v) is 9.30. The molecule has 0 saturated heterocycles. The zero-order chi connectivity index (χ0) is 19.0. The van der Waals surface area contributed by atoms with Crippen LogP contribution < -0.4 is 5.56 Å². The van der Waals surface area contributed by atoms with Gasteiger partial charge in [-0.15, -0.1) is 0 Å². The van der Waals surface area contributed by atoms with Gasteiger partial charge in [-0.1, -0.05) is 31.8 Å². The minimum Gasteiger partial charge on any atom is -0.296 e. The Hall–Kier alpha value is -2.93. The maximum absolute atomic E-state index is 13.3. The zero-order valence-corrected chi connectivity index (χ0v) is 15.5. The molecule has 3 aromatic rings. The number of benzene rings is 2. The lowest BCUT2D eigenvalue weighted by Crippen LogP contribution is -2.21. The summed E-state index contributed by atoms with van der Waals surface area (Å²) in [7, 11) is 0. The van der Waals surface area contributed by atoms with Crippen LogP contribution in [0.2, 0.25) is 0 Å². The molecule has 1 aliphatic heterocycles. The Balaban J connectivity index is 1.69. The highest BCUT2D eigenvalue weighted by Gasteiger charge is 2.25. The van der Waals surface area contributed by atoms with Crippen molar-refractivity contribution in [2.45, 2.75) is 33.2 Å². The van der Waals surface area contributed by atoms with E-state index in [0.717, 1.165) is 30.8 Å². The van der Waals surface area contributed by atoms with E-state index >= 15 is 0 Å². The van der Waals surface area contributed by atoms with E-state index in [-0.39, 0.29) is 11.4 Å². The molecule has 1 unspecified atom stereocenters. The number of hydrogen-bond donors (Lipinski definition) is 0. The number of halogens is 1. The van der Waals surface area contributed by atoms with Gasteiger partial charge >= 0.3 is 0 Å². The normalized spacial score (nSPS) is 15.6. The fourth-order valence-electron chi connectivity index (χ4n) is 3.80. The predicted molar refractivity (Wildman–Crippen MR) is 105 cm³/mol. The molecule has 4 heteroatoms. The van der Waals surface area contributed by atoms with Gasteiger partial charge < -0.3 is 0 Å². The molecule has 4 rings (SSSR count). The van der Waals surface area contributed by atoms with Crippen LogP contribution in [0.25, 0.3) is 10.9 Å². The quantitative estimate of drug-likeness (QED) is 0.644. The van der Waals surface area contributed by atoms with E-state index < -0.39 is 0 Å². The summed E-state index contributed by atoms with van der Waals surface area (Å²) in [6.07, 6.45) is 1.95. The highest BCUT2D eigenvalue weighted by molar-refractivity contribution is 5.79. The molecule has 1 aliphatic rings. The molecule has 1 atom stereocenters. The average Bonchev–Trinajstić information content (AvgIpc) is 3.02. The van der Waals surface area contributed by atoms with E-state index in [1.165, 1.54) is 12.1 Å². The molecule has 0 saturated carbocycles. The third-order valence-electron chi connectivity index (χ3n) is 4.93. The van der Waals surface area contributed by atoms with Crippen LogP contribution in [0.4, 0.5) is 4.39 Å². The molecule has 0 spiro atoms. The second kappa shape index (κ2) is 7.00. The van der Waals surface area contributed by atoms with Gasteiger partial charge in [0.25, 0.3) is 5.56 Å². The molecule has 0 radical (unpaired) electrons. The van der Waals surface area contributed by atoms with E-state index in [4.69, 9.17) is 4.98 Å². The monoisotopic (exact) mass is 360 g/mol. The summed E-state index contributed by atoms with van der Waals surface area (Å²) in [5.74, 6) is 7.65. The smallest absolute Gasteiger partial charge is 0.261 e. The van der Waals surface area contributed by atoms with Gasteiger partial charge in [-0.05, 0) is 54.7 Å². The molecule has 27 heavy (non-hydrogen) atoms. The van der Waals surface area contributed by atoms with Crippen molar-refractivity contribution in [3.8, 4) is 11.8 Å². The SMILES string of the molecule is CC(C)CC1Cc2nc3cc(C#Cc4cccc(F)c4)ccc3c(=O)n2C1. The Labute approximate surface area is 157 Å². The maximum Gasteiger partial charge on any atom is 0.261 e. The molecule has 2 heterocycles. The summed E-state index contributed by atoms with van der Waals surface area (Å²) in [6.45, 7) is 5.18. The van der Waals surface area contributed by atoms with Crippen molar-refractivity contribution in [1.82, 2.24) is 9.55 Å². The van der Waals surface area contributed by atoms with Crippen molar-refractivity contribution in [3.63, 3.8) is 0 Å². The molecule has 2 aromatic carbocycles. The van der Waals surface area contributed by atoms with Crippen LogP contribution in [-0.4, -0.2) is 9.55 Å². The van der Waals surface area contributed by atoms with E-state index in [0.29, 0.717) is 28.3 Å². The summed E-state index contributed by atoms with van der Waals surface area (Å²) in [4.78, 5) is 17.6. The van der Waals surface area contributed by atoms with Crippen LogP contribution >= 0.6 is 0 Å². The van der Waals surface area contributed by atoms with Gasteiger partial charge in [-0.3, -0.25) is 9.36 Å². The van der Waals surface area contributed by atoms with Crippen molar-refractivity contribution in [1.29, 1.82) is 0 Å². The number of hydrogen-bond acceptors (Lipinski definition) is 2. The number of aromatic nitrogens is 2. The van der Waals surface area contributed by atoms with Crippen LogP contribution in [0.15, 0.2) is 47.3 Å². The molecular formula is C23H21FN2O. The highest BCUT2D eigenvalue weighted by atomic mass is 19.1. The van der Waals surface area contributed by atoms with Crippen LogP contribution in [0.5, 0.6) is 0 Å². The van der Waals surface area contributed by atoms with Gasteiger partial charge in [0.1, 0.15) is 11.6 Å². The summed E-state index contributed by atoms with van der Waals surface area (Å²) < 4.78 is 15.1. The standard InChI is InChI=1S/C23H21FN2O/c1-15(2)10-18-13-22-25-21-12-17(7-6-16-4-3-5-19(24)11-16)8-9-20(21)23(27)26(22)14-18/h3-5,8-9,11-12,15,18H,10,13-14H2,1-2H3. The van der Waals surface area contributed by atoms with Crippen LogP contribution in [0, 0.1) is 29.5 Å². The number of rotatable bonds is 2. The first-order valence-electron chi connectivity index (χ1n) is 9.30. The molecule has 0 N–H and O–H groups in total. The number of fused-ring (bicyclic) bond motifs is 2. The van der Waals surface area contributed by atoms with Crippen LogP contribution in [0.3, 0.4) is 0 Å². The second-order valence-electron chi connectivity index (χ2n) is 7.64. The van der Waals surface area contributed by atoms with Gasteiger partial charge in [0.15, 0.2) is 0 Å². The molecule has 0 aliphatic carbocycles. The van der Waals surface area contributed by atoms with Crippen molar-refractivity contribution in [2.75, 3.05) is 0 Å². The Morgan fingerprint density at radius 3 is 2.70 bits per heavy atom. The molecule has 3 nitrogen and oxygen atoms in total. The topological polar surface area (TPSA) is 34.9 Å². The first-order chi connectivity index (χ1) is 13.0. The van der Waals surface area contributed by atoms with E-state index in [9.17, 15) is 9.18 Å². The predicted octanol–water partition coefficient (Wildman–Crippen LogP) is 4.15. The largest absolute Gasteiger partial charge is 0.296 e. The van der Waals surface area contributed by atoms with Gasteiger partial charge in [0.05, 0.1) is 10.9 Å². The second-order valence-corrected chi connectivity index (χ2v) is 7.64. The van der Waals surface area contributed by atoms with Crippen LogP contribution in [0.1, 0.15) is 37.2 Å². The van der Waals surface area contributed by atoms with Crippen molar-refractivity contribution in [2.24, 2.45) is 11.8 Å². The summed E-state index contributed by atoms with van der Waals surface area (Å²) >= 11 is 0. The Kier molecular flexibility index (Phi) is 4.53. The Morgan fingerprint density at radius 1 is 1.19 bits per heavy atom. The molecular weight excluding hydrogens is 339 g/mol. The summed E-state index contributed by atoms with van der Waals surface area (Å²) in [5, 5.41) is 0.625. The average molecular weight is 360 g/mol. The van der Waals surface area contributed by atoms with E-state index in [2.05, 4.69) is 25.7 Å².